The molecule has 1 heterocycles. The lowest BCUT2D eigenvalue weighted by atomic mass is 10.0. The molecule has 1 unspecified atom stereocenters. The van der Waals surface area contributed by atoms with Crippen LogP contribution in [0.2, 0.25) is 0 Å². The van der Waals surface area contributed by atoms with E-state index in [9.17, 15) is 14.7 Å². The van der Waals surface area contributed by atoms with E-state index >= 15 is 0 Å². The summed E-state index contributed by atoms with van der Waals surface area (Å²) in [5.41, 5.74) is -1.01. The van der Waals surface area contributed by atoms with Gasteiger partial charge in [0.05, 0.1) is 5.60 Å². The molecule has 1 aromatic heterocycles. The predicted molar refractivity (Wildman–Crippen MR) is 75.7 cm³/mol. The Kier molecular flexibility index (Phi) is 5.67. The number of aromatic nitrogens is 2. The van der Waals surface area contributed by atoms with Crippen LogP contribution in [0.4, 0.5) is 0 Å². The van der Waals surface area contributed by atoms with Crippen LogP contribution in [0, 0.1) is 0 Å². The lowest BCUT2D eigenvalue weighted by molar-refractivity contribution is 0.0246. The molecular weight excluding hydrogens is 262 g/mol. The van der Waals surface area contributed by atoms with E-state index in [1.54, 1.807) is 21.1 Å². The number of methoxy groups -OCH3 is 1. The third kappa shape index (κ3) is 4.29. The van der Waals surface area contributed by atoms with Crippen molar-refractivity contribution in [2.24, 2.45) is 14.1 Å². The molecule has 0 saturated carbocycles. The standard InChI is InChI=1S/C13H23N3O4/c1-13(19,5-6-20-4)9-14-8-10-7-11(17)16(3)12(18)15(10)2/h7,14,19H,5-6,8-9H2,1-4H3. The van der Waals surface area contributed by atoms with Crippen LogP contribution in [0.1, 0.15) is 19.0 Å². The zero-order chi connectivity index (χ0) is 15.3. The molecule has 1 aromatic rings. The van der Waals surface area contributed by atoms with Crippen molar-refractivity contribution >= 4 is 0 Å². The van der Waals surface area contributed by atoms with E-state index < -0.39 is 5.60 Å². The first-order valence-electron chi connectivity index (χ1n) is 6.46. The fourth-order valence-corrected chi connectivity index (χ4v) is 1.82. The van der Waals surface area contributed by atoms with Gasteiger partial charge in [-0.05, 0) is 6.92 Å². The Morgan fingerprint density at radius 3 is 2.60 bits per heavy atom. The quantitative estimate of drug-likeness (QED) is 0.668. The summed E-state index contributed by atoms with van der Waals surface area (Å²) in [6, 6.07) is 1.41. The minimum Gasteiger partial charge on any atom is -0.389 e. The smallest absolute Gasteiger partial charge is 0.330 e. The number of nitrogens with zero attached hydrogens (tertiary/aromatic N) is 2. The molecular formula is C13H23N3O4. The first-order valence-corrected chi connectivity index (χ1v) is 6.46. The van der Waals surface area contributed by atoms with Gasteiger partial charge in [0, 0.05) is 59.1 Å². The van der Waals surface area contributed by atoms with Crippen molar-refractivity contribution in [3.05, 3.63) is 32.6 Å². The average Bonchev–Trinajstić information content (AvgIpc) is 2.39. The Balaban J connectivity index is 2.68. The van der Waals surface area contributed by atoms with Gasteiger partial charge >= 0.3 is 5.69 Å². The summed E-state index contributed by atoms with van der Waals surface area (Å²) >= 11 is 0. The van der Waals surface area contributed by atoms with Crippen LogP contribution in [0.5, 0.6) is 0 Å². The van der Waals surface area contributed by atoms with Gasteiger partial charge in [-0.3, -0.25) is 13.9 Å². The molecule has 0 fully saturated rings. The molecule has 0 radical (unpaired) electrons. The van der Waals surface area contributed by atoms with E-state index in [1.165, 1.54) is 17.7 Å². The fraction of sp³-hybridized carbons (Fsp3) is 0.692. The van der Waals surface area contributed by atoms with Gasteiger partial charge in [0.25, 0.3) is 5.56 Å². The van der Waals surface area contributed by atoms with Crippen molar-refractivity contribution in [1.82, 2.24) is 14.5 Å². The molecule has 0 saturated heterocycles. The SMILES string of the molecule is COCCC(C)(O)CNCc1cc(=O)n(C)c(=O)n1C. The summed E-state index contributed by atoms with van der Waals surface area (Å²) in [6.07, 6.45) is 0.506. The molecule has 114 valence electrons. The molecule has 0 aromatic carbocycles. The number of nitrogens with one attached hydrogen (secondary N) is 1. The highest BCUT2D eigenvalue weighted by Gasteiger charge is 2.19. The Hall–Kier alpha value is -1.44. The van der Waals surface area contributed by atoms with Crippen molar-refractivity contribution in [2.45, 2.75) is 25.5 Å². The van der Waals surface area contributed by atoms with Gasteiger partial charge in [-0.25, -0.2) is 4.79 Å². The molecule has 0 amide bonds. The highest BCUT2D eigenvalue weighted by atomic mass is 16.5. The first-order chi connectivity index (χ1) is 9.28. The second-order valence-corrected chi connectivity index (χ2v) is 5.22. The van der Waals surface area contributed by atoms with Crippen molar-refractivity contribution in [3.8, 4) is 0 Å². The van der Waals surface area contributed by atoms with Gasteiger partial charge in [0.1, 0.15) is 0 Å². The molecule has 20 heavy (non-hydrogen) atoms. The summed E-state index contributed by atoms with van der Waals surface area (Å²) in [5, 5.41) is 13.1. The lowest BCUT2D eigenvalue weighted by Gasteiger charge is -2.23. The molecule has 2 N–H and O–H groups in total. The van der Waals surface area contributed by atoms with Gasteiger partial charge in [-0.15, -0.1) is 0 Å². The molecule has 0 spiro atoms. The second kappa shape index (κ2) is 6.83. The summed E-state index contributed by atoms with van der Waals surface area (Å²) < 4.78 is 7.40. The molecule has 1 atom stereocenters. The van der Waals surface area contributed by atoms with Crippen molar-refractivity contribution in [1.29, 1.82) is 0 Å². The molecule has 7 heteroatoms. The number of ether oxygens (including phenoxy) is 1. The minimum atomic E-state index is -0.894. The first kappa shape index (κ1) is 16.6. The molecule has 7 nitrogen and oxygen atoms in total. The van der Waals surface area contributed by atoms with E-state index in [2.05, 4.69) is 5.32 Å². The summed E-state index contributed by atoms with van der Waals surface area (Å²) in [6.45, 7) is 2.87. The summed E-state index contributed by atoms with van der Waals surface area (Å²) in [7, 11) is 4.64. The number of hydrogen-bond donors (Lipinski definition) is 2. The van der Waals surface area contributed by atoms with Crippen LogP contribution < -0.4 is 16.6 Å². The Bertz CT molecular complexity index is 560. The molecule has 0 aliphatic rings. The van der Waals surface area contributed by atoms with Crippen LogP contribution >= 0.6 is 0 Å². The Morgan fingerprint density at radius 1 is 1.35 bits per heavy atom. The normalized spacial score (nSPS) is 14.2. The van der Waals surface area contributed by atoms with E-state index in [0.29, 0.717) is 31.8 Å². The number of aliphatic hydroxyl groups is 1. The Labute approximate surface area is 117 Å². The van der Waals surface area contributed by atoms with Gasteiger partial charge < -0.3 is 15.2 Å². The fourth-order valence-electron chi connectivity index (χ4n) is 1.82. The topological polar surface area (TPSA) is 85.5 Å². The minimum absolute atomic E-state index is 0.337. The molecule has 0 aliphatic carbocycles. The third-order valence-corrected chi connectivity index (χ3v) is 3.28. The highest BCUT2D eigenvalue weighted by Crippen LogP contribution is 2.07. The van der Waals surface area contributed by atoms with E-state index in [0.717, 1.165) is 4.57 Å². The molecule has 1 rings (SSSR count). The van der Waals surface area contributed by atoms with Crippen molar-refractivity contribution in [3.63, 3.8) is 0 Å². The van der Waals surface area contributed by atoms with Gasteiger partial charge in [-0.2, -0.15) is 0 Å². The second-order valence-electron chi connectivity index (χ2n) is 5.22. The van der Waals surface area contributed by atoms with Crippen LogP contribution in [0.15, 0.2) is 15.7 Å². The zero-order valence-electron chi connectivity index (χ0n) is 12.5. The number of rotatable bonds is 7. The maximum absolute atomic E-state index is 11.7. The largest absolute Gasteiger partial charge is 0.389 e. The van der Waals surface area contributed by atoms with E-state index in [4.69, 9.17) is 4.74 Å². The monoisotopic (exact) mass is 285 g/mol. The predicted octanol–water partition coefficient (Wildman–Crippen LogP) is -1.04. The van der Waals surface area contributed by atoms with Gasteiger partial charge in [0.2, 0.25) is 0 Å². The van der Waals surface area contributed by atoms with E-state index in [1.807, 2.05) is 0 Å². The van der Waals surface area contributed by atoms with Crippen molar-refractivity contribution in [2.75, 3.05) is 20.3 Å². The Morgan fingerprint density at radius 2 is 2.00 bits per heavy atom. The van der Waals surface area contributed by atoms with Crippen molar-refractivity contribution < 1.29 is 9.84 Å². The molecule has 0 aliphatic heterocycles. The van der Waals surface area contributed by atoms with Crippen LogP contribution in [0.25, 0.3) is 0 Å². The highest BCUT2D eigenvalue weighted by molar-refractivity contribution is 5.02. The average molecular weight is 285 g/mol. The third-order valence-electron chi connectivity index (χ3n) is 3.28. The molecule has 0 bridgehead atoms. The maximum atomic E-state index is 11.7. The van der Waals surface area contributed by atoms with Gasteiger partial charge in [-0.1, -0.05) is 0 Å². The van der Waals surface area contributed by atoms with Gasteiger partial charge in [0.15, 0.2) is 0 Å². The number of hydrogen-bond acceptors (Lipinski definition) is 5. The van der Waals surface area contributed by atoms with Crippen LogP contribution in [-0.4, -0.2) is 40.1 Å². The van der Waals surface area contributed by atoms with E-state index in [-0.39, 0.29) is 11.2 Å². The summed E-state index contributed by atoms with van der Waals surface area (Å²) in [5.74, 6) is 0. The lowest BCUT2D eigenvalue weighted by Crippen LogP contribution is -2.41. The maximum Gasteiger partial charge on any atom is 0.330 e. The zero-order valence-corrected chi connectivity index (χ0v) is 12.5. The summed E-state index contributed by atoms with van der Waals surface area (Å²) in [4.78, 5) is 23.3. The van der Waals surface area contributed by atoms with Crippen LogP contribution in [-0.2, 0) is 25.4 Å². The van der Waals surface area contributed by atoms with Crippen LogP contribution in [0.3, 0.4) is 0 Å².